The molecule has 0 aliphatic heterocycles. The molecule has 0 bridgehead atoms. The lowest BCUT2D eigenvalue weighted by Gasteiger charge is -2.35. The molecule has 1 unspecified atom stereocenters. The Hall–Kier alpha value is -2.28. The van der Waals surface area contributed by atoms with E-state index in [4.69, 9.17) is 6.42 Å². The monoisotopic (exact) mass is 368 g/mol. The zero-order valence-electron chi connectivity index (χ0n) is 16.8. The molecule has 0 spiro atoms. The van der Waals surface area contributed by atoms with Crippen molar-refractivity contribution in [1.82, 2.24) is 10.2 Å². The summed E-state index contributed by atoms with van der Waals surface area (Å²) in [6.45, 7) is 6.57. The molecule has 1 aliphatic rings. The minimum absolute atomic E-state index is 0.0867. The van der Waals surface area contributed by atoms with Crippen molar-refractivity contribution in [2.24, 2.45) is 5.41 Å². The van der Waals surface area contributed by atoms with Crippen LogP contribution in [0.2, 0.25) is 0 Å². The van der Waals surface area contributed by atoms with Crippen LogP contribution in [0.3, 0.4) is 0 Å². The number of hydrogen-bond acceptors (Lipinski definition) is 2. The lowest BCUT2D eigenvalue weighted by atomic mass is 9.86. The van der Waals surface area contributed by atoms with Gasteiger partial charge >= 0.3 is 0 Å². The highest BCUT2D eigenvalue weighted by Gasteiger charge is 2.34. The van der Waals surface area contributed by atoms with Gasteiger partial charge in [0.25, 0.3) is 5.91 Å². The van der Waals surface area contributed by atoms with Crippen LogP contribution in [0.5, 0.6) is 0 Å². The van der Waals surface area contributed by atoms with E-state index in [1.54, 1.807) is 4.90 Å². The molecule has 0 saturated heterocycles. The van der Waals surface area contributed by atoms with Gasteiger partial charge in [-0.3, -0.25) is 9.59 Å². The highest BCUT2D eigenvalue weighted by atomic mass is 16.2. The van der Waals surface area contributed by atoms with Gasteiger partial charge in [0.2, 0.25) is 5.91 Å². The summed E-state index contributed by atoms with van der Waals surface area (Å²) >= 11 is 0. The average molecular weight is 369 g/mol. The minimum atomic E-state index is -0.573. The summed E-state index contributed by atoms with van der Waals surface area (Å²) in [6, 6.07) is 9.31. The molecule has 1 N–H and O–H groups in total. The largest absolute Gasteiger partial charge is 0.352 e. The number of nitrogens with one attached hydrogen (secondary N) is 1. The first-order chi connectivity index (χ1) is 12.8. The number of hydrogen-bond donors (Lipinski definition) is 1. The van der Waals surface area contributed by atoms with Gasteiger partial charge in [0.05, 0.1) is 0 Å². The molecule has 1 saturated carbocycles. The molecule has 146 valence electrons. The van der Waals surface area contributed by atoms with Crippen LogP contribution in [0.4, 0.5) is 0 Å². The zero-order valence-corrected chi connectivity index (χ0v) is 16.8. The number of terminal acetylenes is 1. The predicted molar refractivity (Wildman–Crippen MR) is 109 cm³/mol. The third kappa shape index (κ3) is 6.75. The molecule has 27 heavy (non-hydrogen) atoms. The fraction of sp³-hybridized carbons (Fsp3) is 0.565. The Balaban J connectivity index is 2.24. The first kappa shape index (κ1) is 21.0. The van der Waals surface area contributed by atoms with Gasteiger partial charge in [0.15, 0.2) is 0 Å². The molecular weight excluding hydrogens is 336 g/mol. The van der Waals surface area contributed by atoms with Crippen LogP contribution >= 0.6 is 0 Å². The number of benzene rings is 1. The molecule has 2 rings (SSSR count). The van der Waals surface area contributed by atoms with Gasteiger partial charge in [0.1, 0.15) is 6.04 Å². The molecule has 1 aromatic rings. The maximum atomic E-state index is 13.2. The molecule has 4 nitrogen and oxygen atoms in total. The van der Waals surface area contributed by atoms with Crippen LogP contribution < -0.4 is 5.32 Å². The number of nitrogens with zero attached hydrogens (tertiary/aromatic N) is 1. The number of carbonyl (C=O) groups excluding carboxylic acids is 2. The molecular formula is C23H32N2O2. The number of carbonyl (C=O) groups is 2. The normalized spacial score (nSPS) is 16.2. The van der Waals surface area contributed by atoms with Crippen molar-refractivity contribution in [3.05, 3.63) is 35.9 Å². The van der Waals surface area contributed by atoms with Gasteiger partial charge in [-0.2, -0.15) is 0 Å². The lowest BCUT2D eigenvalue weighted by Crippen LogP contribution is -2.52. The van der Waals surface area contributed by atoms with Crippen molar-refractivity contribution in [3.63, 3.8) is 0 Å². The van der Waals surface area contributed by atoms with E-state index in [0.29, 0.717) is 13.0 Å². The molecule has 2 amide bonds. The van der Waals surface area contributed by atoms with Crippen LogP contribution in [0, 0.1) is 17.8 Å². The quantitative estimate of drug-likeness (QED) is 0.774. The first-order valence-electron chi connectivity index (χ1n) is 9.91. The molecule has 0 radical (unpaired) electrons. The van der Waals surface area contributed by atoms with Gasteiger partial charge < -0.3 is 10.2 Å². The second-order valence-corrected chi connectivity index (χ2v) is 8.69. The summed E-state index contributed by atoms with van der Waals surface area (Å²) in [6.07, 6.45) is 11.5. The fourth-order valence-electron chi connectivity index (χ4n) is 3.66. The van der Waals surface area contributed by atoms with Crippen LogP contribution in [0.15, 0.2) is 30.3 Å². The third-order valence-corrected chi connectivity index (χ3v) is 5.02. The van der Waals surface area contributed by atoms with E-state index in [-0.39, 0.29) is 17.4 Å². The highest BCUT2D eigenvalue weighted by molar-refractivity contribution is 5.96. The average Bonchev–Trinajstić information content (AvgIpc) is 2.64. The van der Waals surface area contributed by atoms with Gasteiger partial charge in [-0.1, -0.05) is 70.4 Å². The molecule has 1 fully saturated rings. The van der Waals surface area contributed by atoms with Crippen molar-refractivity contribution in [2.75, 3.05) is 0 Å². The number of rotatable bonds is 6. The van der Waals surface area contributed by atoms with Crippen LogP contribution in [0.1, 0.15) is 64.9 Å². The first-order valence-corrected chi connectivity index (χ1v) is 9.91. The fourth-order valence-corrected chi connectivity index (χ4v) is 3.66. The van der Waals surface area contributed by atoms with Crippen molar-refractivity contribution >= 4 is 11.8 Å². The Morgan fingerprint density at radius 3 is 2.37 bits per heavy atom. The summed E-state index contributed by atoms with van der Waals surface area (Å²) < 4.78 is 0. The summed E-state index contributed by atoms with van der Waals surface area (Å²) in [5.74, 6) is 1.69. The molecule has 1 atom stereocenters. The molecule has 0 aromatic heterocycles. The van der Waals surface area contributed by atoms with Gasteiger partial charge in [0, 0.05) is 12.6 Å². The standard InChI is InChI=1S/C23H32N2O2/c1-5-21(26)25(17-18-12-8-6-9-13-18)20(16-23(2,3)4)22(27)24-19-14-10-7-11-15-19/h1,6,8-9,12-13,19-20H,7,10-11,14-17H2,2-4H3,(H,24,27). The van der Waals surface area contributed by atoms with E-state index in [9.17, 15) is 9.59 Å². The van der Waals surface area contributed by atoms with E-state index in [1.807, 2.05) is 30.3 Å². The zero-order chi connectivity index (χ0) is 19.9. The second kappa shape index (κ2) is 9.60. The third-order valence-electron chi connectivity index (χ3n) is 5.02. The van der Waals surface area contributed by atoms with Crippen LogP contribution in [-0.2, 0) is 16.1 Å². The van der Waals surface area contributed by atoms with Crippen LogP contribution in [-0.4, -0.2) is 28.8 Å². The van der Waals surface area contributed by atoms with Gasteiger partial charge in [-0.05, 0) is 36.2 Å². The van der Waals surface area contributed by atoms with Crippen LogP contribution in [0.25, 0.3) is 0 Å². The number of amides is 2. The second-order valence-electron chi connectivity index (χ2n) is 8.69. The molecule has 0 heterocycles. The van der Waals surface area contributed by atoms with Crippen molar-refractivity contribution in [2.45, 2.75) is 77.9 Å². The smallest absolute Gasteiger partial charge is 0.299 e. The summed E-state index contributed by atoms with van der Waals surface area (Å²) in [5.41, 5.74) is 0.851. The molecule has 1 aromatic carbocycles. The summed E-state index contributed by atoms with van der Waals surface area (Å²) in [5, 5.41) is 3.19. The Bertz CT molecular complexity index is 664. The van der Waals surface area contributed by atoms with Crippen molar-refractivity contribution in [3.8, 4) is 12.3 Å². The van der Waals surface area contributed by atoms with E-state index in [1.165, 1.54) is 6.42 Å². The molecule has 4 heteroatoms. The van der Waals surface area contributed by atoms with Crippen molar-refractivity contribution < 1.29 is 9.59 Å². The SMILES string of the molecule is C#CC(=O)N(Cc1ccccc1)C(CC(C)(C)C)C(=O)NC1CCCCC1. The van der Waals surface area contributed by atoms with Gasteiger partial charge in [-0.25, -0.2) is 0 Å². The summed E-state index contributed by atoms with van der Waals surface area (Å²) in [4.78, 5) is 27.3. The highest BCUT2D eigenvalue weighted by Crippen LogP contribution is 2.26. The van der Waals surface area contributed by atoms with E-state index in [0.717, 1.165) is 31.2 Å². The van der Waals surface area contributed by atoms with E-state index >= 15 is 0 Å². The topological polar surface area (TPSA) is 49.4 Å². The lowest BCUT2D eigenvalue weighted by molar-refractivity contribution is -0.139. The van der Waals surface area contributed by atoms with Gasteiger partial charge in [-0.15, -0.1) is 6.42 Å². The summed E-state index contributed by atoms with van der Waals surface area (Å²) in [7, 11) is 0. The van der Waals surface area contributed by atoms with Crippen molar-refractivity contribution in [1.29, 1.82) is 0 Å². The minimum Gasteiger partial charge on any atom is -0.352 e. The Morgan fingerprint density at radius 2 is 1.81 bits per heavy atom. The maximum absolute atomic E-state index is 13.2. The Kier molecular flexibility index (Phi) is 7.47. The van der Waals surface area contributed by atoms with E-state index < -0.39 is 11.9 Å². The predicted octanol–water partition coefficient (Wildman–Crippen LogP) is 3.90. The van der Waals surface area contributed by atoms with E-state index in [2.05, 4.69) is 32.0 Å². The Morgan fingerprint density at radius 1 is 1.19 bits per heavy atom. The molecule has 1 aliphatic carbocycles. The Labute approximate surface area is 163 Å². The maximum Gasteiger partial charge on any atom is 0.299 e.